The lowest BCUT2D eigenvalue weighted by atomic mass is 10.1. The molecule has 0 atom stereocenters. The quantitative estimate of drug-likeness (QED) is 0.263. The summed E-state index contributed by atoms with van der Waals surface area (Å²) < 4.78 is 56.4. The van der Waals surface area contributed by atoms with Crippen LogP contribution in [0.3, 0.4) is 0 Å². The van der Waals surface area contributed by atoms with E-state index >= 15 is 4.39 Å². The molecule has 2 amide bonds. The first kappa shape index (κ1) is 26.6. The van der Waals surface area contributed by atoms with Crippen LogP contribution in [0.5, 0.6) is 0 Å². The minimum Gasteiger partial charge on any atom is -0.383 e. The molecule has 0 radical (unpaired) electrons. The fraction of sp³-hybridized carbons (Fsp3) is 0.192. The highest BCUT2D eigenvalue weighted by atomic mass is 19.4. The van der Waals surface area contributed by atoms with Gasteiger partial charge in [0.1, 0.15) is 11.6 Å². The zero-order chi connectivity index (χ0) is 28.9. The van der Waals surface area contributed by atoms with Gasteiger partial charge in [0.05, 0.1) is 34.9 Å². The molecule has 0 spiro atoms. The number of hydrogen-bond donors (Lipinski definition) is 1. The van der Waals surface area contributed by atoms with Crippen molar-refractivity contribution >= 4 is 39.4 Å². The van der Waals surface area contributed by atoms with Gasteiger partial charge in [-0.15, -0.1) is 13.2 Å². The van der Waals surface area contributed by atoms with E-state index in [1.807, 2.05) is 0 Å². The SMILES string of the molecule is CC(=O)N(C)N(Cc1ccc(-c2ccnn2C(F)(F)F)cc1F)C(=O)c1ccc2nc(N)c3cnn(C)c3c2c1. The Hall–Kier alpha value is -5.01. The number of nitrogen functional groups attached to an aromatic ring is 1. The summed E-state index contributed by atoms with van der Waals surface area (Å²) in [5.41, 5.74) is 6.98. The highest BCUT2D eigenvalue weighted by Gasteiger charge is 2.34. The van der Waals surface area contributed by atoms with Crippen LogP contribution in [0.25, 0.3) is 33.1 Å². The van der Waals surface area contributed by atoms with Crippen molar-refractivity contribution in [2.45, 2.75) is 19.8 Å². The van der Waals surface area contributed by atoms with E-state index in [9.17, 15) is 22.8 Å². The Kier molecular flexibility index (Phi) is 6.40. The number of amides is 2. The zero-order valence-corrected chi connectivity index (χ0v) is 21.4. The fourth-order valence-electron chi connectivity index (χ4n) is 4.44. The zero-order valence-electron chi connectivity index (χ0n) is 21.4. The number of halogens is 4. The number of nitrogens with two attached hydrogens (primary N) is 1. The molecule has 0 aliphatic heterocycles. The smallest absolute Gasteiger partial charge is 0.383 e. The van der Waals surface area contributed by atoms with Crippen LogP contribution in [0.15, 0.2) is 54.9 Å². The minimum absolute atomic E-state index is 0.0208. The van der Waals surface area contributed by atoms with E-state index in [1.165, 1.54) is 32.2 Å². The van der Waals surface area contributed by atoms with Crippen molar-refractivity contribution in [2.75, 3.05) is 12.8 Å². The van der Waals surface area contributed by atoms with Crippen LogP contribution in [0.2, 0.25) is 0 Å². The van der Waals surface area contributed by atoms with Crippen LogP contribution in [0.1, 0.15) is 22.8 Å². The molecule has 206 valence electrons. The fourth-order valence-corrected chi connectivity index (χ4v) is 4.44. The lowest BCUT2D eigenvalue weighted by Crippen LogP contribution is -2.46. The molecule has 0 saturated heterocycles. The third kappa shape index (κ3) is 4.57. The number of pyridine rings is 1. The number of nitrogens with zero attached hydrogens (tertiary/aromatic N) is 7. The molecule has 3 heterocycles. The average molecular weight is 555 g/mol. The molecule has 10 nitrogen and oxygen atoms in total. The minimum atomic E-state index is -4.79. The van der Waals surface area contributed by atoms with E-state index in [4.69, 9.17) is 5.73 Å². The topological polar surface area (TPSA) is 115 Å². The lowest BCUT2D eigenvalue weighted by Gasteiger charge is -2.31. The highest BCUT2D eigenvalue weighted by molar-refractivity contribution is 6.10. The first-order chi connectivity index (χ1) is 18.9. The number of anilines is 1. The summed E-state index contributed by atoms with van der Waals surface area (Å²) in [6.45, 7) is 0.864. The second-order valence-electron chi connectivity index (χ2n) is 9.07. The van der Waals surface area contributed by atoms with Crippen molar-refractivity contribution in [3.8, 4) is 11.3 Å². The average Bonchev–Trinajstić information content (AvgIpc) is 3.55. The van der Waals surface area contributed by atoms with Gasteiger partial charge in [0.15, 0.2) is 0 Å². The van der Waals surface area contributed by atoms with E-state index in [1.54, 1.807) is 30.1 Å². The Bertz CT molecular complexity index is 1790. The van der Waals surface area contributed by atoms with Gasteiger partial charge in [-0.25, -0.2) is 14.4 Å². The van der Waals surface area contributed by atoms with E-state index < -0.39 is 23.9 Å². The number of aromatic nitrogens is 5. The summed E-state index contributed by atoms with van der Waals surface area (Å²) in [5, 5.41) is 10.8. The van der Waals surface area contributed by atoms with Gasteiger partial charge in [-0.1, -0.05) is 12.1 Å². The third-order valence-corrected chi connectivity index (χ3v) is 6.56. The van der Waals surface area contributed by atoms with E-state index in [0.29, 0.717) is 21.8 Å². The van der Waals surface area contributed by atoms with Crippen LogP contribution in [-0.4, -0.2) is 53.4 Å². The van der Waals surface area contributed by atoms with Crippen molar-refractivity contribution < 1.29 is 27.2 Å². The van der Waals surface area contributed by atoms with Gasteiger partial charge < -0.3 is 5.73 Å². The van der Waals surface area contributed by atoms with Crippen LogP contribution < -0.4 is 5.73 Å². The van der Waals surface area contributed by atoms with E-state index in [2.05, 4.69) is 15.2 Å². The maximum Gasteiger partial charge on any atom is 0.505 e. The Morgan fingerprint density at radius 1 is 1.05 bits per heavy atom. The van der Waals surface area contributed by atoms with Crippen LogP contribution in [0.4, 0.5) is 23.4 Å². The second kappa shape index (κ2) is 9.63. The molecule has 0 saturated carbocycles. The molecule has 0 unspecified atom stereocenters. The maximum absolute atomic E-state index is 15.2. The molecule has 0 aliphatic rings. The number of carbonyl (C=O) groups excluding carboxylic acids is 2. The molecule has 5 aromatic rings. The first-order valence-electron chi connectivity index (χ1n) is 11.8. The summed E-state index contributed by atoms with van der Waals surface area (Å²) in [6, 6.07) is 9.30. The Balaban J connectivity index is 1.52. The van der Waals surface area contributed by atoms with Gasteiger partial charge in [0, 0.05) is 49.3 Å². The molecule has 0 bridgehead atoms. The Labute approximate surface area is 224 Å². The maximum atomic E-state index is 15.2. The second-order valence-corrected chi connectivity index (χ2v) is 9.07. The molecule has 40 heavy (non-hydrogen) atoms. The monoisotopic (exact) mass is 554 g/mol. The van der Waals surface area contributed by atoms with Crippen LogP contribution in [-0.2, 0) is 24.7 Å². The van der Waals surface area contributed by atoms with Gasteiger partial charge in [0.2, 0.25) is 5.91 Å². The molecule has 0 fully saturated rings. The number of rotatable bonds is 4. The van der Waals surface area contributed by atoms with Crippen molar-refractivity contribution in [3.05, 3.63) is 71.8 Å². The predicted octanol–water partition coefficient (Wildman–Crippen LogP) is 4.22. The Morgan fingerprint density at radius 2 is 1.80 bits per heavy atom. The van der Waals surface area contributed by atoms with Gasteiger partial charge in [0.25, 0.3) is 5.91 Å². The van der Waals surface area contributed by atoms with Gasteiger partial charge in [-0.3, -0.25) is 19.3 Å². The highest BCUT2D eigenvalue weighted by Crippen LogP contribution is 2.31. The van der Waals surface area contributed by atoms with Crippen molar-refractivity contribution in [2.24, 2.45) is 7.05 Å². The largest absolute Gasteiger partial charge is 0.505 e. The number of aryl methyl sites for hydroxylation is 1. The molecule has 0 aliphatic carbocycles. The Morgan fingerprint density at radius 3 is 2.48 bits per heavy atom. The first-order valence-corrected chi connectivity index (χ1v) is 11.8. The summed E-state index contributed by atoms with van der Waals surface area (Å²) >= 11 is 0. The number of alkyl halides is 3. The van der Waals surface area contributed by atoms with E-state index in [0.717, 1.165) is 28.3 Å². The molecule has 2 N–H and O–H groups in total. The summed E-state index contributed by atoms with van der Waals surface area (Å²) in [5.74, 6) is -1.70. The molecule has 2 aromatic carbocycles. The third-order valence-electron chi connectivity index (χ3n) is 6.56. The number of hydrazine groups is 1. The van der Waals surface area contributed by atoms with Crippen molar-refractivity contribution in [1.29, 1.82) is 0 Å². The number of benzene rings is 2. The summed E-state index contributed by atoms with van der Waals surface area (Å²) in [4.78, 5) is 30.3. The lowest BCUT2D eigenvalue weighted by molar-refractivity contribution is -0.211. The van der Waals surface area contributed by atoms with Crippen LogP contribution in [0, 0.1) is 5.82 Å². The standard InChI is InChI=1S/C26H22F4N8O2/c1-14(39)36(3)37(13-17-5-4-15(11-20(17)27)22-8-9-32-38(22)26(28,29)30)25(40)16-6-7-21-18(10-16)23-19(24(31)34-21)12-33-35(23)2/h4-12H,13H2,1-3H3,(H2,31,34). The van der Waals surface area contributed by atoms with Gasteiger partial charge in [-0.05, 0) is 30.3 Å². The summed E-state index contributed by atoms with van der Waals surface area (Å²) in [6.07, 6.45) is -2.26. The van der Waals surface area contributed by atoms with Gasteiger partial charge in [-0.2, -0.15) is 14.9 Å². The molecule has 14 heteroatoms. The van der Waals surface area contributed by atoms with E-state index in [-0.39, 0.29) is 39.4 Å². The molecular formula is C26H22F4N8O2. The molecule has 5 rings (SSSR count). The normalized spacial score (nSPS) is 11.8. The van der Waals surface area contributed by atoms with Crippen LogP contribution >= 0.6 is 0 Å². The van der Waals surface area contributed by atoms with Crippen molar-refractivity contribution in [1.82, 2.24) is 34.6 Å². The van der Waals surface area contributed by atoms with Gasteiger partial charge >= 0.3 is 6.30 Å². The van der Waals surface area contributed by atoms with Crippen molar-refractivity contribution in [3.63, 3.8) is 0 Å². The predicted molar refractivity (Wildman–Crippen MR) is 138 cm³/mol. The number of carbonyl (C=O) groups is 2. The number of hydrogen-bond acceptors (Lipinski definition) is 6. The summed E-state index contributed by atoms with van der Waals surface area (Å²) in [7, 11) is 3.08. The number of fused-ring (bicyclic) bond motifs is 3. The molecule has 3 aromatic heterocycles. The molecular weight excluding hydrogens is 532 g/mol.